The van der Waals surface area contributed by atoms with Gasteiger partial charge >= 0.3 is 0 Å². The Kier molecular flexibility index (Phi) is 5.67. The summed E-state index contributed by atoms with van der Waals surface area (Å²) in [6.45, 7) is 2.72. The molecule has 3 rings (SSSR count). The minimum atomic E-state index is -1.17. The fraction of sp³-hybridized carbons (Fsp3) is 0.429. The van der Waals surface area contributed by atoms with E-state index in [4.69, 9.17) is 0 Å². The fourth-order valence-electron chi connectivity index (χ4n) is 3.68. The van der Waals surface area contributed by atoms with Crippen molar-refractivity contribution >= 4 is 0 Å². The lowest BCUT2D eigenvalue weighted by Gasteiger charge is -2.34. The molecular formula is C21H27NO2. The second kappa shape index (κ2) is 7.93. The highest BCUT2D eigenvalue weighted by Gasteiger charge is 2.34. The molecule has 1 saturated heterocycles. The van der Waals surface area contributed by atoms with Crippen molar-refractivity contribution < 1.29 is 10.2 Å². The van der Waals surface area contributed by atoms with Crippen molar-refractivity contribution in [2.75, 3.05) is 19.6 Å². The van der Waals surface area contributed by atoms with E-state index in [1.54, 1.807) is 0 Å². The Morgan fingerprint density at radius 2 is 1.33 bits per heavy atom. The molecule has 0 bridgehead atoms. The molecule has 1 heterocycles. The Bertz CT molecular complexity index is 569. The highest BCUT2D eigenvalue weighted by molar-refractivity contribution is 5.36. The van der Waals surface area contributed by atoms with Crippen LogP contribution < -0.4 is 0 Å². The first-order valence-electron chi connectivity index (χ1n) is 8.92. The van der Waals surface area contributed by atoms with Gasteiger partial charge in [-0.3, -0.25) is 0 Å². The van der Waals surface area contributed by atoms with E-state index in [1.165, 1.54) is 19.3 Å². The minimum Gasteiger partial charge on any atom is -0.392 e. The molecule has 0 aromatic heterocycles. The number of hydrogen-bond acceptors (Lipinski definition) is 3. The van der Waals surface area contributed by atoms with E-state index in [1.807, 2.05) is 60.7 Å². The molecule has 0 spiro atoms. The monoisotopic (exact) mass is 325 g/mol. The van der Waals surface area contributed by atoms with Gasteiger partial charge < -0.3 is 15.1 Å². The summed E-state index contributed by atoms with van der Waals surface area (Å²) in [5.74, 6) is 0. The zero-order chi connectivity index (χ0) is 16.8. The Hall–Kier alpha value is -1.68. The molecule has 128 valence electrons. The molecule has 1 aliphatic heterocycles. The second-order valence-corrected chi connectivity index (χ2v) is 6.81. The van der Waals surface area contributed by atoms with Crippen LogP contribution in [-0.2, 0) is 5.60 Å². The quantitative estimate of drug-likeness (QED) is 0.857. The van der Waals surface area contributed by atoms with Crippen LogP contribution in [-0.4, -0.2) is 40.9 Å². The number of β-amino-alcohol motifs (C(OH)–C–C–N with tert-alkyl or cyclic N) is 1. The van der Waals surface area contributed by atoms with E-state index < -0.39 is 11.7 Å². The molecule has 2 aromatic rings. The number of aliphatic hydroxyl groups is 2. The highest BCUT2D eigenvalue weighted by Crippen LogP contribution is 2.34. The van der Waals surface area contributed by atoms with Crippen LogP contribution in [0.2, 0.25) is 0 Å². The number of hydrogen-bond donors (Lipinski definition) is 2. The topological polar surface area (TPSA) is 43.7 Å². The van der Waals surface area contributed by atoms with Gasteiger partial charge in [-0.1, -0.05) is 67.1 Å². The van der Waals surface area contributed by atoms with E-state index in [0.29, 0.717) is 13.0 Å². The largest absolute Gasteiger partial charge is 0.392 e. The summed E-state index contributed by atoms with van der Waals surface area (Å²) in [5.41, 5.74) is 0.486. The number of nitrogens with zero attached hydrogens (tertiary/aromatic N) is 1. The predicted octanol–water partition coefficient (Wildman–Crippen LogP) is 3.16. The molecule has 0 saturated carbocycles. The minimum absolute atomic E-state index is 0.303. The first-order chi connectivity index (χ1) is 11.7. The van der Waals surface area contributed by atoms with E-state index in [0.717, 1.165) is 24.2 Å². The lowest BCUT2D eigenvalue weighted by atomic mass is 9.81. The van der Waals surface area contributed by atoms with Crippen LogP contribution in [0.4, 0.5) is 0 Å². The number of aliphatic hydroxyl groups excluding tert-OH is 1. The van der Waals surface area contributed by atoms with E-state index in [-0.39, 0.29) is 0 Å². The molecule has 24 heavy (non-hydrogen) atoms. The molecule has 0 radical (unpaired) electrons. The van der Waals surface area contributed by atoms with Crippen molar-refractivity contribution in [2.24, 2.45) is 0 Å². The average molecular weight is 325 g/mol. The lowest BCUT2D eigenvalue weighted by molar-refractivity contribution is 0.00216. The first-order valence-corrected chi connectivity index (χ1v) is 8.92. The number of benzene rings is 2. The van der Waals surface area contributed by atoms with Crippen molar-refractivity contribution in [3.8, 4) is 0 Å². The lowest BCUT2D eigenvalue weighted by Crippen LogP contribution is -2.40. The molecular weight excluding hydrogens is 298 g/mol. The summed E-state index contributed by atoms with van der Waals surface area (Å²) in [7, 11) is 0. The van der Waals surface area contributed by atoms with Crippen LogP contribution in [0.5, 0.6) is 0 Å². The van der Waals surface area contributed by atoms with Crippen LogP contribution in [0.15, 0.2) is 60.7 Å². The van der Waals surface area contributed by atoms with E-state index in [2.05, 4.69) is 4.90 Å². The zero-order valence-corrected chi connectivity index (χ0v) is 14.1. The fourth-order valence-corrected chi connectivity index (χ4v) is 3.68. The second-order valence-electron chi connectivity index (χ2n) is 6.81. The van der Waals surface area contributed by atoms with Gasteiger partial charge in [-0.05, 0) is 37.1 Å². The SMILES string of the molecule is O[C@H](CN1CCCCC1)CC(O)(c1ccccc1)c1ccccc1. The summed E-state index contributed by atoms with van der Waals surface area (Å²) in [5, 5.41) is 22.1. The van der Waals surface area contributed by atoms with Crippen LogP contribution >= 0.6 is 0 Å². The molecule has 2 N–H and O–H groups in total. The van der Waals surface area contributed by atoms with Gasteiger partial charge in [0.1, 0.15) is 5.60 Å². The third-order valence-electron chi connectivity index (χ3n) is 4.95. The molecule has 3 heteroatoms. The van der Waals surface area contributed by atoms with Crippen molar-refractivity contribution in [1.82, 2.24) is 4.90 Å². The Labute approximate surface area is 144 Å². The summed E-state index contributed by atoms with van der Waals surface area (Å²) in [6.07, 6.45) is 3.43. The van der Waals surface area contributed by atoms with Crippen LogP contribution in [0.25, 0.3) is 0 Å². The van der Waals surface area contributed by atoms with Crippen molar-refractivity contribution in [1.29, 1.82) is 0 Å². The number of likely N-dealkylation sites (tertiary alicyclic amines) is 1. The third kappa shape index (κ3) is 4.04. The standard InChI is InChI=1S/C21H27NO2/c23-20(17-22-14-8-3-9-15-22)16-21(24,18-10-4-1-5-11-18)19-12-6-2-7-13-19/h1-2,4-7,10-13,20,23-24H,3,8-9,14-17H2/t20-/m0/s1. The van der Waals surface area contributed by atoms with E-state index in [9.17, 15) is 10.2 Å². The molecule has 1 aliphatic rings. The van der Waals surface area contributed by atoms with Crippen LogP contribution in [0, 0.1) is 0 Å². The van der Waals surface area contributed by atoms with Gasteiger partial charge in [-0.25, -0.2) is 0 Å². The van der Waals surface area contributed by atoms with Crippen LogP contribution in [0.3, 0.4) is 0 Å². The molecule has 0 amide bonds. The van der Waals surface area contributed by atoms with Gasteiger partial charge in [0.15, 0.2) is 0 Å². The summed E-state index contributed by atoms with van der Waals surface area (Å²) < 4.78 is 0. The maximum absolute atomic E-state index is 11.5. The zero-order valence-electron chi connectivity index (χ0n) is 14.1. The molecule has 3 nitrogen and oxygen atoms in total. The smallest absolute Gasteiger partial charge is 0.117 e. The summed E-state index contributed by atoms with van der Waals surface area (Å²) >= 11 is 0. The van der Waals surface area contributed by atoms with Gasteiger partial charge in [0.2, 0.25) is 0 Å². The predicted molar refractivity (Wildman–Crippen MR) is 96.8 cm³/mol. The van der Waals surface area contributed by atoms with Crippen molar-refractivity contribution in [2.45, 2.75) is 37.4 Å². The van der Waals surface area contributed by atoms with Crippen LogP contribution in [0.1, 0.15) is 36.8 Å². The van der Waals surface area contributed by atoms with Gasteiger partial charge in [-0.15, -0.1) is 0 Å². The number of rotatable bonds is 6. The normalized spacial score (nSPS) is 17.6. The summed E-state index contributed by atoms with van der Waals surface area (Å²) in [6, 6.07) is 19.3. The van der Waals surface area contributed by atoms with Crippen molar-refractivity contribution in [3.63, 3.8) is 0 Å². The van der Waals surface area contributed by atoms with Gasteiger partial charge in [0, 0.05) is 13.0 Å². The van der Waals surface area contributed by atoms with Gasteiger partial charge in [-0.2, -0.15) is 0 Å². The molecule has 0 unspecified atom stereocenters. The average Bonchev–Trinajstić information content (AvgIpc) is 2.64. The molecule has 1 fully saturated rings. The maximum atomic E-state index is 11.5. The molecule has 2 aromatic carbocycles. The van der Waals surface area contributed by atoms with Gasteiger partial charge in [0.25, 0.3) is 0 Å². The Balaban J connectivity index is 1.80. The van der Waals surface area contributed by atoms with E-state index >= 15 is 0 Å². The number of piperidine rings is 1. The maximum Gasteiger partial charge on any atom is 0.117 e. The first kappa shape index (κ1) is 17.2. The Morgan fingerprint density at radius 1 is 0.833 bits per heavy atom. The Morgan fingerprint density at radius 3 is 1.83 bits per heavy atom. The third-order valence-corrected chi connectivity index (χ3v) is 4.95. The molecule has 0 aliphatic carbocycles. The summed E-state index contributed by atoms with van der Waals surface area (Å²) in [4.78, 5) is 2.31. The van der Waals surface area contributed by atoms with Gasteiger partial charge in [0.05, 0.1) is 6.10 Å². The molecule has 1 atom stereocenters. The highest BCUT2D eigenvalue weighted by atomic mass is 16.3. The van der Waals surface area contributed by atoms with Crippen molar-refractivity contribution in [3.05, 3.63) is 71.8 Å².